The number of aromatic nitrogens is 2. The molecule has 0 aliphatic carbocycles. The fourth-order valence-corrected chi connectivity index (χ4v) is 2.57. The second-order valence-electron chi connectivity index (χ2n) is 5.30. The highest BCUT2D eigenvalue weighted by Gasteiger charge is 2.23. The van der Waals surface area contributed by atoms with Gasteiger partial charge in [-0.05, 0) is 11.8 Å². The summed E-state index contributed by atoms with van der Waals surface area (Å²) in [5.41, 5.74) is 0. The fraction of sp³-hybridized carbons (Fsp3) is 0.750. The standard InChI is InChI=1S/C12H21N5O3/c1-9-6-15(4-3-13-9)7-11(18)8-16-10(2)14-5-12(16)17(19)20/h5,9,11,13,18H,3-4,6-8H2,1-2H3/t9?,11-/m1/s1. The van der Waals surface area contributed by atoms with Gasteiger partial charge >= 0.3 is 5.82 Å². The van der Waals surface area contributed by atoms with Crippen LogP contribution in [0.5, 0.6) is 0 Å². The number of nitro groups is 1. The maximum absolute atomic E-state index is 10.9. The lowest BCUT2D eigenvalue weighted by Crippen LogP contribution is -2.51. The van der Waals surface area contributed by atoms with Gasteiger partial charge in [0.15, 0.2) is 5.82 Å². The van der Waals surface area contributed by atoms with E-state index < -0.39 is 11.0 Å². The number of hydrogen-bond donors (Lipinski definition) is 2. The molecule has 2 atom stereocenters. The maximum Gasteiger partial charge on any atom is 0.342 e. The van der Waals surface area contributed by atoms with Crippen molar-refractivity contribution >= 4 is 5.82 Å². The minimum Gasteiger partial charge on any atom is -0.388 e. The predicted octanol–water partition coefficient (Wildman–Crippen LogP) is -0.246. The summed E-state index contributed by atoms with van der Waals surface area (Å²) in [6.07, 6.45) is 0.585. The quantitative estimate of drug-likeness (QED) is 0.571. The zero-order chi connectivity index (χ0) is 14.7. The monoisotopic (exact) mass is 283 g/mol. The molecule has 2 rings (SSSR count). The number of β-amino-alcohol motifs (C(OH)–C–C–N with tert-alkyl or cyclic N) is 1. The summed E-state index contributed by atoms with van der Waals surface area (Å²) in [6, 6.07) is 0.403. The summed E-state index contributed by atoms with van der Waals surface area (Å²) in [7, 11) is 0. The third kappa shape index (κ3) is 3.53. The Hall–Kier alpha value is -1.51. The van der Waals surface area contributed by atoms with Crippen LogP contribution in [0.2, 0.25) is 0 Å². The number of nitrogens with zero attached hydrogens (tertiary/aromatic N) is 4. The molecule has 1 saturated heterocycles. The minimum absolute atomic E-state index is 0.0739. The molecule has 0 radical (unpaired) electrons. The summed E-state index contributed by atoms with van der Waals surface area (Å²) in [6.45, 7) is 7.17. The first-order chi connectivity index (χ1) is 9.47. The van der Waals surface area contributed by atoms with Crippen LogP contribution in [0.3, 0.4) is 0 Å². The van der Waals surface area contributed by atoms with Gasteiger partial charge in [-0.25, -0.2) is 9.55 Å². The minimum atomic E-state index is -0.646. The second-order valence-corrected chi connectivity index (χ2v) is 5.30. The number of piperazine rings is 1. The normalized spacial score (nSPS) is 21.9. The van der Waals surface area contributed by atoms with Crippen LogP contribution in [0.1, 0.15) is 12.7 Å². The van der Waals surface area contributed by atoms with E-state index in [4.69, 9.17) is 0 Å². The molecule has 1 fully saturated rings. The highest BCUT2D eigenvalue weighted by molar-refractivity contribution is 5.18. The predicted molar refractivity (Wildman–Crippen MR) is 73.5 cm³/mol. The molecule has 0 bridgehead atoms. The number of aliphatic hydroxyl groups excluding tert-OH is 1. The van der Waals surface area contributed by atoms with Crippen LogP contribution >= 0.6 is 0 Å². The van der Waals surface area contributed by atoms with Gasteiger partial charge in [0.05, 0.1) is 0 Å². The van der Waals surface area contributed by atoms with Crippen molar-refractivity contribution < 1.29 is 10.0 Å². The lowest BCUT2D eigenvalue weighted by atomic mass is 10.2. The number of imidazole rings is 1. The van der Waals surface area contributed by atoms with Crippen molar-refractivity contribution in [1.29, 1.82) is 0 Å². The smallest absolute Gasteiger partial charge is 0.342 e. The highest BCUT2D eigenvalue weighted by Crippen LogP contribution is 2.14. The third-order valence-corrected chi connectivity index (χ3v) is 3.54. The first-order valence-corrected chi connectivity index (χ1v) is 6.77. The lowest BCUT2D eigenvalue weighted by molar-refractivity contribution is -0.392. The third-order valence-electron chi connectivity index (χ3n) is 3.54. The van der Waals surface area contributed by atoms with E-state index in [2.05, 4.69) is 22.1 Å². The molecule has 0 saturated carbocycles. The molecule has 1 aromatic heterocycles. The molecule has 112 valence electrons. The Morgan fingerprint density at radius 1 is 1.65 bits per heavy atom. The van der Waals surface area contributed by atoms with E-state index in [9.17, 15) is 15.2 Å². The number of nitrogens with one attached hydrogen (secondary N) is 1. The molecule has 8 heteroatoms. The van der Waals surface area contributed by atoms with Gasteiger partial charge in [0.25, 0.3) is 0 Å². The fourth-order valence-electron chi connectivity index (χ4n) is 2.57. The van der Waals surface area contributed by atoms with Crippen molar-refractivity contribution in [3.8, 4) is 0 Å². The van der Waals surface area contributed by atoms with Gasteiger partial charge in [-0.3, -0.25) is 4.90 Å². The Kier molecular flexibility index (Phi) is 4.69. The Labute approximate surface area is 117 Å². The molecule has 20 heavy (non-hydrogen) atoms. The highest BCUT2D eigenvalue weighted by atomic mass is 16.6. The van der Waals surface area contributed by atoms with Crippen LogP contribution in [0.15, 0.2) is 6.20 Å². The zero-order valence-corrected chi connectivity index (χ0v) is 11.8. The van der Waals surface area contributed by atoms with Gasteiger partial charge in [0.1, 0.15) is 18.8 Å². The van der Waals surface area contributed by atoms with Crippen molar-refractivity contribution in [3.63, 3.8) is 0 Å². The molecule has 2 heterocycles. The second kappa shape index (κ2) is 6.29. The average Bonchev–Trinajstić information content (AvgIpc) is 2.71. The van der Waals surface area contributed by atoms with E-state index >= 15 is 0 Å². The Morgan fingerprint density at radius 2 is 2.40 bits per heavy atom. The van der Waals surface area contributed by atoms with E-state index in [1.54, 1.807) is 6.92 Å². The van der Waals surface area contributed by atoms with Crippen LogP contribution in [-0.4, -0.2) is 62.8 Å². The molecule has 0 aromatic carbocycles. The van der Waals surface area contributed by atoms with Crippen molar-refractivity contribution in [2.24, 2.45) is 0 Å². The molecule has 0 amide bonds. The first kappa shape index (κ1) is 14.9. The van der Waals surface area contributed by atoms with Gasteiger partial charge in [0.2, 0.25) is 0 Å². The van der Waals surface area contributed by atoms with Gasteiger partial charge < -0.3 is 20.5 Å². The number of rotatable bonds is 5. The topological polar surface area (TPSA) is 96.5 Å². The van der Waals surface area contributed by atoms with Crippen molar-refractivity contribution in [2.45, 2.75) is 32.5 Å². The number of aliphatic hydroxyl groups is 1. The summed E-state index contributed by atoms with van der Waals surface area (Å²) in [5.74, 6) is 0.472. The Morgan fingerprint density at radius 3 is 3.05 bits per heavy atom. The van der Waals surface area contributed by atoms with E-state index in [0.717, 1.165) is 19.6 Å². The maximum atomic E-state index is 10.9. The Balaban J connectivity index is 1.96. The van der Waals surface area contributed by atoms with E-state index in [-0.39, 0.29) is 12.4 Å². The van der Waals surface area contributed by atoms with Crippen molar-refractivity contribution in [1.82, 2.24) is 19.8 Å². The molecule has 1 aliphatic heterocycles. The van der Waals surface area contributed by atoms with Crippen LogP contribution in [0.4, 0.5) is 5.82 Å². The van der Waals surface area contributed by atoms with Crippen molar-refractivity contribution in [3.05, 3.63) is 22.1 Å². The average molecular weight is 283 g/mol. The lowest BCUT2D eigenvalue weighted by Gasteiger charge is -2.32. The number of hydrogen-bond acceptors (Lipinski definition) is 6. The molecule has 2 N–H and O–H groups in total. The molecular weight excluding hydrogens is 262 g/mol. The first-order valence-electron chi connectivity index (χ1n) is 6.77. The van der Waals surface area contributed by atoms with Gasteiger partial charge in [-0.2, -0.15) is 0 Å². The van der Waals surface area contributed by atoms with Crippen molar-refractivity contribution in [2.75, 3.05) is 26.2 Å². The molecule has 1 unspecified atom stereocenters. The molecular formula is C12H21N5O3. The SMILES string of the molecule is Cc1ncc([N+](=O)[O-])n1C[C@H](O)CN1CCNC(C)C1. The van der Waals surface area contributed by atoms with Gasteiger partial charge in [-0.15, -0.1) is 0 Å². The van der Waals surface area contributed by atoms with Crippen LogP contribution in [0.25, 0.3) is 0 Å². The van der Waals surface area contributed by atoms with Crippen LogP contribution < -0.4 is 5.32 Å². The summed E-state index contributed by atoms with van der Waals surface area (Å²) >= 11 is 0. The largest absolute Gasteiger partial charge is 0.388 e. The Bertz CT molecular complexity index is 476. The van der Waals surface area contributed by atoms with E-state index in [1.165, 1.54) is 10.8 Å². The summed E-state index contributed by atoms with van der Waals surface area (Å²) in [4.78, 5) is 16.5. The summed E-state index contributed by atoms with van der Waals surface area (Å²) < 4.78 is 1.45. The molecule has 0 spiro atoms. The van der Waals surface area contributed by atoms with Gasteiger partial charge in [0, 0.05) is 39.1 Å². The summed E-state index contributed by atoms with van der Waals surface area (Å²) in [5, 5.41) is 24.4. The molecule has 8 nitrogen and oxygen atoms in total. The van der Waals surface area contributed by atoms with E-state index in [0.29, 0.717) is 18.4 Å². The van der Waals surface area contributed by atoms with Crippen LogP contribution in [-0.2, 0) is 6.54 Å². The van der Waals surface area contributed by atoms with Crippen LogP contribution in [0, 0.1) is 17.0 Å². The van der Waals surface area contributed by atoms with Gasteiger partial charge in [-0.1, -0.05) is 0 Å². The molecule has 1 aromatic rings. The van der Waals surface area contributed by atoms with E-state index in [1.807, 2.05) is 0 Å². The zero-order valence-electron chi connectivity index (χ0n) is 11.8. The molecule has 1 aliphatic rings. The number of aryl methyl sites for hydroxylation is 1.